The van der Waals surface area contributed by atoms with Gasteiger partial charge in [-0.1, -0.05) is 0 Å². The Morgan fingerprint density at radius 3 is 2.20 bits per heavy atom. The van der Waals surface area contributed by atoms with Crippen molar-refractivity contribution in [1.29, 1.82) is 0 Å². The molecule has 0 saturated carbocycles. The molecule has 0 aromatic heterocycles. The summed E-state index contributed by atoms with van der Waals surface area (Å²) in [5, 5.41) is 17.1. The third kappa shape index (κ3) is 8.17. The first-order chi connectivity index (χ1) is 4.16. The largest absolute Gasteiger partial charge is 0.394 e. The van der Waals surface area contributed by atoms with Crippen LogP contribution in [0.4, 0.5) is 0 Å². The lowest BCUT2D eigenvalue weighted by Crippen LogP contribution is -2.19. The van der Waals surface area contributed by atoms with Crippen molar-refractivity contribution < 1.29 is 14.9 Å². The minimum atomic E-state index is -0.445. The van der Waals surface area contributed by atoms with Crippen molar-refractivity contribution in [3.05, 3.63) is 0 Å². The predicted molar refractivity (Wildman–Crippen MR) is 41.4 cm³/mol. The fourth-order valence-corrected chi connectivity index (χ4v) is 0.356. The van der Waals surface area contributed by atoms with Crippen LogP contribution in [0.2, 0.25) is 0 Å². The molecule has 0 fully saturated rings. The molecule has 64 valence electrons. The minimum Gasteiger partial charge on any atom is -0.394 e. The average molecular weight is 171 g/mol. The Morgan fingerprint density at radius 1 is 1.40 bits per heavy atom. The monoisotopic (exact) mass is 170 g/mol. The molecule has 2 unspecified atom stereocenters. The van der Waals surface area contributed by atoms with Gasteiger partial charge in [-0.2, -0.15) is 0 Å². The van der Waals surface area contributed by atoms with Crippen LogP contribution in [-0.2, 0) is 4.74 Å². The Bertz CT molecular complexity index is 68.0. The maximum atomic E-state index is 8.69. The van der Waals surface area contributed by atoms with Crippen molar-refractivity contribution in [3.8, 4) is 0 Å². The molecule has 2 N–H and O–H groups in total. The predicted octanol–water partition coefficient (Wildman–Crippen LogP) is 0.186. The smallest absolute Gasteiger partial charge is 0.0779 e. The zero-order chi connectivity index (χ0) is 7.28. The fraction of sp³-hybridized carbons (Fsp3) is 1.00. The molecule has 0 aliphatic carbocycles. The summed E-state index contributed by atoms with van der Waals surface area (Å²) in [5.74, 6) is 0. The van der Waals surface area contributed by atoms with Gasteiger partial charge in [-0.25, -0.2) is 0 Å². The highest BCUT2D eigenvalue weighted by Crippen LogP contribution is 1.90. The van der Waals surface area contributed by atoms with Gasteiger partial charge in [-0.15, -0.1) is 12.4 Å². The van der Waals surface area contributed by atoms with Gasteiger partial charge in [0, 0.05) is 0 Å². The molecule has 0 amide bonds. The zero-order valence-corrected chi connectivity index (χ0v) is 7.10. The highest BCUT2D eigenvalue weighted by atomic mass is 35.5. The summed E-state index contributed by atoms with van der Waals surface area (Å²) in [6, 6.07) is 0. The van der Waals surface area contributed by atoms with E-state index in [1.807, 2.05) is 0 Å². The second kappa shape index (κ2) is 7.28. The average Bonchev–Trinajstić information content (AvgIpc) is 1.83. The summed E-state index contributed by atoms with van der Waals surface area (Å²) in [6.07, 6.45) is -0.612. The summed E-state index contributed by atoms with van der Waals surface area (Å²) in [7, 11) is 0. The van der Waals surface area contributed by atoms with E-state index in [0.29, 0.717) is 6.61 Å². The number of rotatable bonds is 4. The molecule has 0 aliphatic rings. The van der Waals surface area contributed by atoms with E-state index in [2.05, 4.69) is 0 Å². The molecule has 0 aliphatic heterocycles. The lowest BCUT2D eigenvalue weighted by Gasteiger charge is -2.10. The van der Waals surface area contributed by atoms with Crippen LogP contribution in [0.15, 0.2) is 0 Å². The molecule has 0 heterocycles. The van der Waals surface area contributed by atoms with Gasteiger partial charge in [0.05, 0.1) is 25.4 Å². The quantitative estimate of drug-likeness (QED) is 0.633. The topological polar surface area (TPSA) is 49.7 Å². The van der Waals surface area contributed by atoms with Crippen molar-refractivity contribution in [2.75, 3.05) is 13.2 Å². The minimum absolute atomic E-state index is 0. The number of halogens is 1. The Balaban J connectivity index is 0. The fourth-order valence-electron chi connectivity index (χ4n) is 0.356. The van der Waals surface area contributed by atoms with Gasteiger partial charge < -0.3 is 14.9 Å². The lowest BCUT2D eigenvalue weighted by molar-refractivity contribution is -0.0177. The standard InChI is InChI=1S/C6H14O3.ClH/c1-5(8)4-9-6(2)3-7;/h5-8H,3-4H2,1-2H3;1H. The van der Waals surface area contributed by atoms with Crippen molar-refractivity contribution in [3.63, 3.8) is 0 Å². The van der Waals surface area contributed by atoms with E-state index < -0.39 is 6.10 Å². The molecule has 0 aromatic rings. The van der Waals surface area contributed by atoms with Crippen molar-refractivity contribution >= 4 is 12.4 Å². The first-order valence-electron chi connectivity index (χ1n) is 3.07. The van der Waals surface area contributed by atoms with Crippen LogP contribution in [-0.4, -0.2) is 35.6 Å². The molecule has 0 saturated heterocycles. The third-order valence-corrected chi connectivity index (χ3v) is 0.879. The second-order valence-corrected chi connectivity index (χ2v) is 2.18. The normalized spacial score (nSPS) is 15.6. The van der Waals surface area contributed by atoms with Gasteiger partial charge in [0.1, 0.15) is 0 Å². The number of hydrogen-bond donors (Lipinski definition) is 2. The molecule has 0 radical (unpaired) electrons. The van der Waals surface area contributed by atoms with Crippen molar-refractivity contribution in [1.82, 2.24) is 0 Å². The molecular weight excluding hydrogens is 156 g/mol. The molecule has 0 rings (SSSR count). The number of aliphatic hydroxyl groups excluding tert-OH is 2. The van der Waals surface area contributed by atoms with Crippen LogP contribution in [0.5, 0.6) is 0 Å². The highest BCUT2D eigenvalue weighted by Gasteiger charge is 2.00. The van der Waals surface area contributed by atoms with Crippen molar-refractivity contribution in [2.45, 2.75) is 26.1 Å². The first kappa shape index (κ1) is 12.8. The van der Waals surface area contributed by atoms with E-state index in [9.17, 15) is 0 Å². The van der Waals surface area contributed by atoms with Crippen molar-refractivity contribution in [2.24, 2.45) is 0 Å². The summed E-state index contributed by atoms with van der Waals surface area (Å²) < 4.78 is 4.95. The van der Waals surface area contributed by atoms with E-state index >= 15 is 0 Å². The van der Waals surface area contributed by atoms with Crippen LogP contribution in [0.1, 0.15) is 13.8 Å². The van der Waals surface area contributed by atoms with Gasteiger partial charge in [0.25, 0.3) is 0 Å². The Morgan fingerprint density at radius 2 is 1.90 bits per heavy atom. The summed E-state index contributed by atoms with van der Waals surface area (Å²) in [4.78, 5) is 0. The van der Waals surface area contributed by atoms with Crippen LogP contribution in [0.3, 0.4) is 0 Å². The van der Waals surface area contributed by atoms with E-state index in [1.54, 1.807) is 13.8 Å². The molecule has 4 heteroatoms. The van der Waals surface area contributed by atoms with E-state index in [4.69, 9.17) is 14.9 Å². The Kier molecular flexibility index (Phi) is 9.33. The summed E-state index contributed by atoms with van der Waals surface area (Å²) in [5.41, 5.74) is 0. The summed E-state index contributed by atoms with van der Waals surface area (Å²) >= 11 is 0. The van der Waals surface area contributed by atoms with E-state index in [0.717, 1.165) is 0 Å². The highest BCUT2D eigenvalue weighted by molar-refractivity contribution is 5.85. The number of ether oxygens (including phenoxy) is 1. The molecule has 3 nitrogen and oxygen atoms in total. The lowest BCUT2D eigenvalue weighted by atomic mass is 10.4. The molecular formula is C6H15ClO3. The Hall–Kier alpha value is 0.170. The van der Waals surface area contributed by atoms with Gasteiger partial charge in [0.2, 0.25) is 0 Å². The van der Waals surface area contributed by atoms with E-state index in [1.165, 1.54) is 0 Å². The molecule has 2 atom stereocenters. The maximum Gasteiger partial charge on any atom is 0.0779 e. The van der Waals surface area contributed by atoms with Crippen LogP contribution in [0.25, 0.3) is 0 Å². The van der Waals surface area contributed by atoms with Crippen LogP contribution in [0, 0.1) is 0 Å². The maximum absolute atomic E-state index is 8.69. The van der Waals surface area contributed by atoms with Gasteiger partial charge in [-0.05, 0) is 13.8 Å². The zero-order valence-electron chi connectivity index (χ0n) is 6.28. The van der Waals surface area contributed by atoms with Gasteiger partial charge in [0.15, 0.2) is 0 Å². The summed E-state index contributed by atoms with van der Waals surface area (Å²) in [6.45, 7) is 3.70. The number of aliphatic hydroxyl groups is 2. The van der Waals surface area contributed by atoms with E-state index in [-0.39, 0.29) is 25.1 Å². The van der Waals surface area contributed by atoms with Gasteiger partial charge >= 0.3 is 0 Å². The molecule has 0 bridgehead atoms. The van der Waals surface area contributed by atoms with Crippen LogP contribution < -0.4 is 0 Å². The Labute approximate surface area is 67.4 Å². The van der Waals surface area contributed by atoms with Crippen LogP contribution >= 0.6 is 12.4 Å². The second-order valence-electron chi connectivity index (χ2n) is 2.18. The molecule has 0 spiro atoms. The SMILES string of the molecule is CC(O)COC(C)CO.Cl. The number of hydrogen-bond acceptors (Lipinski definition) is 3. The first-order valence-corrected chi connectivity index (χ1v) is 3.07. The molecule has 10 heavy (non-hydrogen) atoms. The molecule has 0 aromatic carbocycles. The van der Waals surface area contributed by atoms with Gasteiger partial charge in [-0.3, -0.25) is 0 Å². The third-order valence-electron chi connectivity index (χ3n) is 0.879.